The van der Waals surface area contributed by atoms with E-state index in [1.807, 2.05) is 34.7 Å². The Hall–Kier alpha value is -2.14. The highest BCUT2D eigenvalue weighted by molar-refractivity contribution is 5.94. The highest BCUT2D eigenvalue weighted by Gasteiger charge is 2.29. The van der Waals surface area contributed by atoms with Crippen LogP contribution < -0.4 is 0 Å². The van der Waals surface area contributed by atoms with Crippen molar-refractivity contribution in [3.8, 4) is 5.69 Å². The molecule has 1 fully saturated rings. The predicted octanol–water partition coefficient (Wildman–Crippen LogP) is 3.00. The molecule has 2 aromatic rings. The second-order valence-corrected chi connectivity index (χ2v) is 7.01. The predicted molar refractivity (Wildman–Crippen MR) is 96.1 cm³/mol. The van der Waals surface area contributed by atoms with Crippen LogP contribution in [0.25, 0.3) is 5.69 Å². The van der Waals surface area contributed by atoms with Crippen LogP contribution >= 0.6 is 0 Å². The molecule has 1 aliphatic heterocycles. The Morgan fingerprint density at radius 2 is 1.96 bits per heavy atom. The van der Waals surface area contributed by atoms with Gasteiger partial charge in [-0.15, -0.1) is 0 Å². The van der Waals surface area contributed by atoms with Gasteiger partial charge in [-0.1, -0.05) is 24.6 Å². The van der Waals surface area contributed by atoms with E-state index in [0.29, 0.717) is 25.4 Å². The minimum atomic E-state index is 0.0583. The third-order valence-corrected chi connectivity index (χ3v) is 5.16. The van der Waals surface area contributed by atoms with Crippen LogP contribution in [0.5, 0.6) is 0 Å². The first-order valence-electron chi connectivity index (χ1n) is 9.31. The molecule has 0 N–H and O–H groups in total. The molecule has 5 heteroatoms. The average molecular weight is 339 g/mol. The van der Waals surface area contributed by atoms with Crippen LogP contribution in [-0.4, -0.2) is 46.4 Å². The van der Waals surface area contributed by atoms with Gasteiger partial charge in [-0.05, 0) is 44.7 Å². The maximum Gasteiger partial charge on any atom is 0.274 e. The zero-order chi connectivity index (χ0) is 17.2. The van der Waals surface area contributed by atoms with Gasteiger partial charge in [0.15, 0.2) is 5.69 Å². The van der Waals surface area contributed by atoms with E-state index >= 15 is 0 Å². The van der Waals surface area contributed by atoms with Gasteiger partial charge in [0.1, 0.15) is 0 Å². The van der Waals surface area contributed by atoms with Crippen molar-refractivity contribution < 1.29 is 9.53 Å². The number of carbonyl (C=O) groups is 1. The minimum absolute atomic E-state index is 0.0583. The molecule has 2 heterocycles. The maximum absolute atomic E-state index is 13.2. The summed E-state index contributed by atoms with van der Waals surface area (Å²) in [6.07, 6.45) is 5.53. The molecule has 1 unspecified atom stereocenters. The van der Waals surface area contributed by atoms with Crippen molar-refractivity contribution in [3.05, 3.63) is 47.3 Å². The third kappa shape index (κ3) is 3.21. The molecular weight excluding hydrogens is 314 g/mol. The largest absolute Gasteiger partial charge is 0.375 e. The second-order valence-electron chi connectivity index (χ2n) is 7.01. The number of benzene rings is 1. The number of ether oxygens (including phenoxy) is 1. The lowest BCUT2D eigenvalue weighted by Crippen LogP contribution is -2.44. The van der Waals surface area contributed by atoms with E-state index in [9.17, 15) is 4.79 Å². The first kappa shape index (κ1) is 16.3. The van der Waals surface area contributed by atoms with E-state index in [2.05, 4.69) is 12.1 Å². The number of aromatic nitrogens is 2. The smallest absolute Gasteiger partial charge is 0.274 e. The molecular formula is C20H25N3O2. The molecule has 5 nitrogen and oxygen atoms in total. The molecule has 1 aromatic heterocycles. The zero-order valence-corrected chi connectivity index (χ0v) is 14.8. The fourth-order valence-electron chi connectivity index (χ4n) is 3.88. The van der Waals surface area contributed by atoms with E-state index in [0.717, 1.165) is 36.9 Å². The van der Waals surface area contributed by atoms with Gasteiger partial charge in [0.25, 0.3) is 5.91 Å². The standard InChI is InChI=1S/C20H25N3O2/c1-15-14-22(12-13-25-15)20(24)19-17-10-6-3-7-11-18(17)23(21-19)16-8-4-2-5-9-16/h2,4-5,8-9,15H,3,6-7,10-14H2,1H3. The number of amides is 1. The summed E-state index contributed by atoms with van der Waals surface area (Å²) < 4.78 is 7.58. The van der Waals surface area contributed by atoms with Crippen molar-refractivity contribution in [2.24, 2.45) is 0 Å². The van der Waals surface area contributed by atoms with Gasteiger partial charge in [0.05, 0.1) is 18.4 Å². The number of morpholine rings is 1. The number of nitrogens with zero attached hydrogens (tertiary/aromatic N) is 3. The van der Waals surface area contributed by atoms with Crippen molar-refractivity contribution in [2.75, 3.05) is 19.7 Å². The summed E-state index contributed by atoms with van der Waals surface area (Å²) in [5.41, 5.74) is 4.06. The molecule has 132 valence electrons. The van der Waals surface area contributed by atoms with Crippen LogP contribution in [0.1, 0.15) is 47.9 Å². The summed E-state index contributed by atoms with van der Waals surface area (Å²) in [6.45, 7) is 3.92. The van der Waals surface area contributed by atoms with Gasteiger partial charge in [0, 0.05) is 24.3 Å². The Balaban J connectivity index is 1.74. The molecule has 0 spiro atoms. The van der Waals surface area contributed by atoms with Crippen LogP contribution in [0.2, 0.25) is 0 Å². The first-order chi connectivity index (χ1) is 12.2. The zero-order valence-electron chi connectivity index (χ0n) is 14.8. The molecule has 25 heavy (non-hydrogen) atoms. The molecule has 1 atom stereocenters. The topological polar surface area (TPSA) is 47.4 Å². The number of para-hydroxylation sites is 1. The van der Waals surface area contributed by atoms with Crippen molar-refractivity contribution >= 4 is 5.91 Å². The van der Waals surface area contributed by atoms with Gasteiger partial charge in [-0.25, -0.2) is 4.68 Å². The average Bonchev–Trinajstić information content (AvgIpc) is 2.83. The number of hydrogen-bond acceptors (Lipinski definition) is 3. The monoisotopic (exact) mass is 339 g/mol. The lowest BCUT2D eigenvalue weighted by molar-refractivity contribution is -0.0126. The molecule has 1 aliphatic carbocycles. The third-order valence-electron chi connectivity index (χ3n) is 5.16. The van der Waals surface area contributed by atoms with E-state index in [1.54, 1.807) is 0 Å². The van der Waals surface area contributed by atoms with Crippen molar-refractivity contribution in [1.29, 1.82) is 0 Å². The molecule has 1 saturated heterocycles. The molecule has 0 radical (unpaired) electrons. The van der Waals surface area contributed by atoms with Crippen LogP contribution in [0.4, 0.5) is 0 Å². The number of carbonyl (C=O) groups excluding carboxylic acids is 1. The van der Waals surface area contributed by atoms with E-state index in [4.69, 9.17) is 9.84 Å². The quantitative estimate of drug-likeness (QED) is 0.790. The Labute approximate surface area is 148 Å². The summed E-state index contributed by atoms with van der Waals surface area (Å²) in [5.74, 6) is 0.0583. The van der Waals surface area contributed by atoms with Crippen LogP contribution in [0, 0.1) is 0 Å². The Kier molecular flexibility index (Phi) is 4.57. The number of rotatable bonds is 2. The summed E-state index contributed by atoms with van der Waals surface area (Å²) in [4.78, 5) is 15.1. The molecule has 2 aliphatic rings. The van der Waals surface area contributed by atoms with Gasteiger partial charge in [-0.2, -0.15) is 5.10 Å². The van der Waals surface area contributed by atoms with E-state index in [-0.39, 0.29) is 12.0 Å². The molecule has 4 rings (SSSR count). The Bertz CT molecular complexity index is 754. The lowest BCUT2D eigenvalue weighted by atomic mass is 10.1. The fraction of sp³-hybridized carbons (Fsp3) is 0.500. The summed E-state index contributed by atoms with van der Waals surface area (Å²) in [7, 11) is 0. The van der Waals surface area contributed by atoms with Gasteiger partial charge >= 0.3 is 0 Å². The van der Waals surface area contributed by atoms with E-state index < -0.39 is 0 Å². The number of hydrogen-bond donors (Lipinski definition) is 0. The summed E-state index contributed by atoms with van der Waals surface area (Å²) in [6, 6.07) is 10.2. The van der Waals surface area contributed by atoms with Crippen LogP contribution in [-0.2, 0) is 17.6 Å². The van der Waals surface area contributed by atoms with E-state index in [1.165, 1.54) is 12.1 Å². The highest BCUT2D eigenvalue weighted by atomic mass is 16.5. The normalized spacial score (nSPS) is 20.8. The molecule has 0 saturated carbocycles. The molecule has 1 aromatic carbocycles. The second kappa shape index (κ2) is 7.00. The minimum Gasteiger partial charge on any atom is -0.375 e. The first-order valence-corrected chi connectivity index (χ1v) is 9.31. The number of fused-ring (bicyclic) bond motifs is 1. The van der Waals surface area contributed by atoms with Crippen molar-refractivity contribution in [3.63, 3.8) is 0 Å². The Morgan fingerprint density at radius 1 is 1.16 bits per heavy atom. The fourth-order valence-corrected chi connectivity index (χ4v) is 3.88. The Morgan fingerprint density at radius 3 is 2.76 bits per heavy atom. The van der Waals surface area contributed by atoms with Gasteiger partial charge < -0.3 is 9.64 Å². The summed E-state index contributed by atoms with van der Waals surface area (Å²) >= 11 is 0. The maximum atomic E-state index is 13.2. The molecule has 1 amide bonds. The molecule has 0 bridgehead atoms. The highest BCUT2D eigenvalue weighted by Crippen LogP contribution is 2.27. The van der Waals surface area contributed by atoms with Crippen molar-refractivity contribution in [1.82, 2.24) is 14.7 Å². The van der Waals surface area contributed by atoms with Gasteiger partial charge in [-0.3, -0.25) is 4.79 Å². The van der Waals surface area contributed by atoms with Gasteiger partial charge in [0.2, 0.25) is 0 Å². The lowest BCUT2D eigenvalue weighted by Gasteiger charge is -2.30. The van der Waals surface area contributed by atoms with Crippen molar-refractivity contribution in [2.45, 2.75) is 45.1 Å². The summed E-state index contributed by atoms with van der Waals surface area (Å²) in [5, 5.41) is 4.79. The van der Waals surface area contributed by atoms with Crippen LogP contribution in [0.15, 0.2) is 30.3 Å². The SMILES string of the molecule is CC1CN(C(=O)c2nn(-c3ccccc3)c3c2CCCCC3)CCO1. The van der Waals surface area contributed by atoms with Crippen LogP contribution in [0.3, 0.4) is 0 Å².